The number of nitrogens with zero attached hydrogens (tertiary/aromatic N) is 1. The first kappa shape index (κ1) is 25.6. The highest BCUT2D eigenvalue weighted by atomic mass is 16.2. The van der Waals surface area contributed by atoms with Crippen LogP contribution in [0.15, 0.2) is 48.5 Å². The molecule has 2 rings (SSSR count). The van der Waals surface area contributed by atoms with Gasteiger partial charge in [-0.25, -0.2) is 0 Å². The second-order valence-electron chi connectivity index (χ2n) is 10.2. The molecule has 0 fully saturated rings. The quantitative estimate of drug-likeness (QED) is 0.571. The largest absolute Gasteiger partial charge is 0.354 e. The van der Waals surface area contributed by atoms with E-state index in [1.807, 2.05) is 38.1 Å². The maximum absolute atomic E-state index is 13.3. The number of hydrogen-bond acceptors (Lipinski definition) is 2. The summed E-state index contributed by atoms with van der Waals surface area (Å²) in [5, 5.41) is 2.98. The summed E-state index contributed by atoms with van der Waals surface area (Å²) < 4.78 is 0. The molecule has 4 nitrogen and oxygen atoms in total. The molecule has 2 aromatic carbocycles. The van der Waals surface area contributed by atoms with Crippen LogP contribution in [0.3, 0.4) is 0 Å². The molecule has 0 aliphatic carbocycles. The molecule has 32 heavy (non-hydrogen) atoms. The number of carbonyl (C=O) groups is 2. The van der Waals surface area contributed by atoms with E-state index in [4.69, 9.17) is 0 Å². The van der Waals surface area contributed by atoms with Gasteiger partial charge in [0, 0.05) is 19.5 Å². The number of nitrogens with one attached hydrogen (secondary N) is 1. The first-order valence-electron chi connectivity index (χ1n) is 11.7. The lowest BCUT2D eigenvalue weighted by Crippen LogP contribution is -2.48. The Labute approximate surface area is 194 Å². The fourth-order valence-corrected chi connectivity index (χ4v) is 3.57. The van der Waals surface area contributed by atoms with Crippen LogP contribution in [0.1, 0.15) is 70.2 Å². The van der Waals surface area contributed by atoms with Gasteiger partial charge < -0.3 is 10.2 Å². The number of amides is 2. The van der Waals surface area contributed by atoms with Crippen LogP contribution in [0.4, 0.5) is 0 Å². The minimum Gasteiger partial charge on any atom is -0.354 e. The van der Waals surface area contributed by atoms with Crippen LogP contribution in [-0.4, -0.2) is 29.3 Å². The number of aryl methyl sites for hydroxylation is 2. The summed E-state index contributed by atoms with van der Waals surface area (Å²) in [5.74, 6) is 0.262. The fourth-order valence-electron chi connectivity index (χ4n) is 3.57. The van der Waals surface area contributed by atoms with E-state index in [0.29, 0.717) is 31.8 Å². The highest BCUT2D eigenvalue weighted by Crippen LogP contribution is 2.23. The van der Waals surface area contributed by atoms with Gasteiger partial charge in [-0.2, -0.15) is 0 Å². The average molecular weight is 437 g/mol. The van der Waals surface area contributed by atoms with Gasteiger partial charge in [0.25, 0.3) is 0 Å². The highest BCUT2D eigenvalue weighted by molar-refractivity contribution is 5.87. The topological polar surface area (TPSA) is 49.4 Å². The third-order valence-electron chi connectivity index (χ3n) is 5.90. The normalized spacial score (nSPS) is 12.5. The third kappa shape index (κ3) is 7.51. The molecular formula is C28H40N2O2. The molecule has 2 amide bonds. The Morgan fingerprint density at radius 1 is 0.969 bits per heavy atom. The van der Waals surface area contributed by atoms with E-state index in [0.717, 1.165) is 16.7 Å². The van der Waals surface area contributed by atoms with Gasteiger partial charge >= 0.3 is 0 Å². The molecule has 2 aromatic rings. The van der Waals surface area contributed by atoms with Crippen molar-refractivity contribution in [1.82, 2.24) is 10.2 Å². The van der Waals surface area contributed by atoms with Gasteiger partial charge in [0.05, 0.1) is 0 Å². The van der Waals surface area contributed by atoms with Crippen LogP contribution in [0.5, 0.6) is 0 Å². The minimum absolute atomic E-state index is 0.000322. The van der Waals surface area contributed by atoms with Gasteiger partial charge in [-0.1, -0.05) is 83.1 Å². The Hall–Kier alpha value is -2.62. The van der Waals surface area contributed by atoms with Gasteiger partial charge in [-0.05, 0) is 53.9 Å². The molecule has 0 aliphatic heterocycles. The van der Waals surface area contributed by atoms with Crippen molar-refractivity contribution in [2.45, 2.75) is 79.3 Å². The lowest BCUT2D eigenvalue weighted by Gasteiger charge is -2.29. The average Bonchev–Trinajstić information content (AvgIpc) is 2.74. The van der Waals surface area contributed by atoms with E-state index in [9.17, 15) is 9.59 Å². The lowest BCUT2D eigenvalue weighted by atomic mass is 9.86. The predicted octanol–water partition coefficient (Wildman–Crippen LogP) is 5.41. The number of hydrogen-bond donors (Lipinski definition) is 1. The summed E-state index contributed by atoms with van der Waals surface area (Å²) in [4.78, 5) is 27.8. The van der Waals surface area contributed by atoms with Crippen LogP contribution in [0, 0.1) is 12.8 Å². The Bertz CT molecular complexity index is 894. The highest BCUT2D eigenvalue weighted by Gasteiger charge is 2.26. The SMILES string of the molecule is Cc1ccccc1CN(C(=O)CCc1ccc(C(C)(C)C)cc1)[C@@H](C)C(=O)NCC(C)C. The molecule has 0 radical (unpaired) electrons. The zero-order valence-electron chi connectivity index (χ0n) is 20.9. The van der Waals surface area contributed by atoms with Crippen molar-refractivity contribution in [1.29, 1.82) is 0 Å². The van der Waals surface area contributed by atoms with Crippen molar-refractivity contribution in [2.75, 3.05) is 6.54 Å². The molecule has 0 aliphatic rings. The van der Waals surface area contributed by atoms with E-state index in [1.54, 1.807) is 4.90 Å². The van der Waals surface area contributed by atoms with Crippen LogP contribution in [-0.2, 0) is 28.0 Å². The first-order valence-corrected chi connectivity index (χ1v) is 11.7. The molecule has 0 spiro atoms. The van der Waals surface area contributed by atoms with Crippen molar-refractivity contribution < 1.29 is 9.59 Å². The Morgan fingerprint density at radius 2 is 1.59 bits per heavy atom. The molecule has 1 atom stereocenters. The number of carbonyl (C=O) groups excluding carboxylic acids is 2. The maximum Gasteiger partial charge on any atom is 0.242 e. The van der Waals surface area contributed by atoms with Gasteiger partial charge in [-0.15, -0.1) is 0 Å². The second kappa shape index (κ2) is 11.3. The fraction of sp³-hybridized carbons (Fsp3) is 0.500. The molecule has 0 heterocycles. The minimum atomic E-state index is -0.524. The summed E-state index contributed by atoms with van der Waals surface area (Å²) >= 11 is 0. The van der Waals surface area contributed by atoms with Gasteiger partial charge in [0.15, 0.2) is 0 Å². The predicted molar refractivity (Wildman–Crippen MR) is 133 cm³/mol. The van der Waals surface area contributed by atoms with E-state index < -0.39 is 6.04 Å². The van der Waals surface area contributed by atoms with Gasteiger partial charge in [0.2, 0.25) is 11.8 Å². The third-order valence-corrected chi connectivity index (χ3v) is 5.90. The molecule has 0 aromatic heterocycles. The molecule has 0 unspecified atom stereocenters. The molecule has 0 saturated heterocycles. The molecular weight excluding hydrogens is 396 g/mol. The van der Waals surface area contributed by atoms with Crippen LogP contribution in [0.25, 0.3) is 0 Å². The summed E-state index contributed by atoms with van der Waals surface area (Å²) in [6.45, 7) is 15.6. The molecule has 4 heteroatoms. The van der Waals surface area contributed by atoms with E-state index >= 15 is 0 Å². The lowest BCUT2D eigenvalue weighted by molar-refractivity contribution is -0.140. The first-order chi connectivity index (χ1) is 15.0. The van der Waals surface area contributed by atoms with E-state index in [2.05, 4.69) is 64.2 Å². The molecule has 174 valence electrons. The molecule has 0 bridgehead atoms. The maximum atomic E-state index is 13.3. The van der Waals surface area contributed by atoms with Crippen molar-refractivity contribution >= 4 is 11.8 Å². The van der Waals surface area contributed by atoms with Gasteiger partial charge in [0.1, 0.15) is 6.04 Å². The van der Waals surface area contributed by atoms with Crippen LogP contribution in [0.2, 0.25) is 0 Å². The van der Waals surface area contributed by atoms with E-state index in [1.165, 1.54) is 5.56 Å². The summed E-state index contributed by atoms with van der Waals surface area (Å²) in [5.41, 5.74) is 4.72. The zero-order valence-corrected chi connectivity index (χ0v) is 20.9. The molecule has 1 N–H and O–H groups in total. The van der Waals surface area contributed by atoms with Crippen molar-refractivity contribution in [3.63, 3.8) is 0 Å². The van der Waals surface area contributed by atoms with Crippen LogP contribution >= 0.6 is 0 Å². The van der Waals surface area contributed by atoms with E-state index in [-0.39, 0.29) is 17.2 Å². The Morgan fingerprint density at radius 3 is 2.16 bits per heavy atom. The molecule has 0 saturated carbocycles. The number of benzene rings is 2. The van der Waals surface area contributed by atoms with Crippen LogP contribution < -0.4 is 5.32 Å². The number of rotatable bonds is 9. The Balaban J connectivity index is 2.13. The standard InChI is InChI=1S/C28H40N2O2/c1-20(2)18-29-27(32)22(4)30(19-24-11-9-8-10-21(24)3)26(31)17-14-23-12-15-25(16-13-23)28(5,6)7/h8-13,15-16,20,22H,14,17-19H2,1-7H3,(H,29,32)/t22-/m0/s1. The monoisotopic (exact) mass is 436 g/mol. The smallest absolute Gasteiger partial charge is 0.242 e. The summed E-state index contributed by atoms with van der Waals surface area (Å²) in [6.07, 6.45) is 1.04. The summed E-state index contributed by atoms with van der Waals surface area (Å²) in [7, 11) is 0. The van der Waals surface area contributed by atoms with Crippen molar-refractivity contribution in [3.8, 4) is 0 Å². The second-order valence-corrected chi connectivity index (χ2v) is 10.2. The van der Waals surface area contributed by atoms with Crippen molar-refractivity contribution in [2.24, 2.45) is 5.92 Å². The Kier molecular flexibility index (Phi) is 9.06. The van der Waals surface area contributed by atoms with Gasteiger partial charge in [-0.3, -0.25) is 9.59 Å². The zero-order chi connectivity index (χ0) is 23.9. The summed E-state index contributed by atoms with van der Waals surface area (Å²) in [6, 6.07) is 16.0. The van der Waals surface area contributed by atoms with Crippen molar-refractivity contribution in [3.05, 3.63) is 70.8 Å².